The van der Waals surface area contributed by atoms with Crippen LogP contribution in [0.1, 0.15) is 25.8 Å². The highest BCUT2D eigenvalue weighted by Gasteiger charge is 2.59. The zero-order chi connectivity index (χ0) is 15.4. The molecule has 0 amide bonds. The van der Waals surface area contributed by atoms with Crippen molar-refractivity contribution in [1.82, 2.24) is 0 Å². The molecule has 112 valence electrons. The first-order valence-corrected chi connectivity index (χ1v) is 6.25. The number of ether oxygens (including phenoxy) is 2. The molecule has 4 nitrogen and oxygen atoms in total. The van der Waals surface area contributed by atoms with Crippen molar-refractivity contribution in [3.63, 3.8) is 0 Å². The van der Waals surface area contributed by atoms with E-state index < -0.39 is 17.5 Å². The third kappa shape index (κ3) is 2.75. The maximum absolute atomic E-state index is 14.2. The van der Waals surface area contributed by atoms with E-state index in [2.05, 4.69) is 4.74 Å². The largest absolute Gasteiger partial charge is 0.497 e. The molecule has 1 unspecified atom stereocenters. The average molecular weight is 288 g/mol. The summed E-state index contributed by atoms with van der Waals surface area (Å²) in [7, 11) is 1.44. The molecule has 1 rings (SSSR count). The van der Waals surface area contributed by atoms with Gasteiger partial charge in [-0.15, -0.1) is 0 Å². The van der Waals surface area contributed by atoms with Gasteiger partial charge in [-0.1, -0.05) is 19.1 Å². The molecule has 0 aromatic heterocycles. The zero-order valence-electron chi connectivity index (χ0n) is 11.7. The lowest BCUT2D eigenvalue weighted by atomic mass is 9.84. The van der Waals surface area contributed by atoms with Gasteiger partial charge in [-0.05, 0) is 31.0 Å². The first kappa shape index (κ1) is 16.4. The predicted molar refractivity (Wildman–Crippen MR) is 68.8 cm³/mol. The maximum atomic E-state index is 14.2. The molecule has 1 N–H and O–H groups in total. The van der Waals surface area contributed by atoms with Crippen LogP contribution in [-0.4, -0.2) is 30.7 Å². The summed E-state index contributed by atoms with van der Waals surface area (Å²) in [5.74, 6) is -5.31. The number of hydrogen-bond donors (Lipinski definition) is 1. The van der Waals surface area contributed by atoms with E-state index in [-0.39, 0.29) is 18.6 Å². The van der Waals surface area contributed by atoms with Crippen molar-refractivity contribution in [2.75, 3.05) is 13.7 Å². The third-order valence-corrected chi connectivity index (χ3v) is 3.13. The first-order valence-electron chi connectivity index (χ1n) is 6.25. The third-order valence-electron chi connectivity index (χ3n) is 3.13. The fourth-order valence-electron chi connectivity index (χ4n) is 1.86. The van der Waals surface area contributed by atoms with Gasteiger partial charge >= 0.3 is 11.9 Å². The van der Waals surface area contributed by atoms with Gasteiger partial charge in [0.15, 0.2) is 5.60 Å². The number of aliphatic hydroxyl groups is 1. The van der Waals surface area contributed by atoms with Gasteiger partial charge in [0.1, 0.15) is 5.75 Å². The normalized spacial score (nSPS) is 14.5. The Morgan fingerprint density at radius 3 is 2.20 bits per heavy atom. The number of benzene rings is 1. The van der Waals surface area contributed by atoms with Gasteiger partial charge in [-0.2, -0.15) is 8.78 Å². The number of hydrogen-bond acceptors (Lipinski definition) is 4. The van der Waals surface area contributed by atoms with Gasteiger partial charge in [0.2, 0.25) is 0 Å². The predicted octanol–water partition coefficient (Wildman–Crippen LogP) is 2.49. The van der Waals surface area contributed by atoms with Crippen LogP contribution in [0.5, 0.6) is 5.75 Å². The second kappa shape index (κ2) is 6.17. The number of alkyl halides is 2. The number of carbonyl (C=O) groups excluding carboxylic acids is 1. The van der Waals surface area contributed by atoms with Crippen LogP contribution < -0.4 is 4.74 Å². The highest BCUT2D eigenvalue weighted by Crippen LogP contribution is 2.41. The molecule has 0 spiro atoms. The fraction of sp³-hybridized carbons (Fsp3) is 0.500. The molecule has 0 aliphatic rings. The van der Waals surface area contributed by atoms with E-state index in [0.29, 0.717) is 5.75 Å². The SMILES string of the molecule is CCOC(=O)C(F)(F)C(O)(CC)c1ccc(OC)cc1. The number of esters is 1. The average Bonchev–Trinajstić information content (AvgIpc) is 2.46. The molecule has 1 aromatic carbocycles. The topological polar surface area (TPSA) is 55.8 Å². The molecule has 0 radical (unpaired) electrons. The van der Waals surface area contributed by atoms with E-state index in [1.807, 2.05) is 0 Å². The van der Waals surface area contributed by atoms with Crippen LogP contribution >= 0.6 is 0 Å². The van der Waals surface area contributed by atoms with Gasteiger partial charge < -0.3 is 14.6 Å². The molecule has 0 bridgehead atoms. The minimum absolute atomic E-state index is 0.0705. The Bertz CT molecular complexity index is 459. The van der Waals surface area contributed by atoms with Crippen LogP contribution in [-0.2, 0) is 15.1 Å². The minimum Gasteiger partial charge on any atom is -0.497 e. The van der Waals surface area contributed by atoms with Crippen LogP contribution in [0, 0.1) is 0 Å². The van der Waals surface area contributed by atoms with Crippen molar-refractivity contribution in [3.8, 4) is 5.75 Å². The van der Waals surface area contributed by atoms with Crippen LogP contribution in [0.2, 0.25) is 0 Å². The van der Waals surface area contributed by atoms with E-state index >= 15 is 0 Å². The van der Waals surface area contributed by atoms with Crippen LogP contribution in [0.25, 0.3) is 0 Å². The lowest BCUT2D eigenvalue weighted by Crippen LogP contribution is -2.51. The van der Waals surface area contributed by atoms with Crippen molar-refractivity contribution in [2.45, 2.75) is 31.8 Å². The molecule has 20 heavy (non-hydrogen) atoms. The van der Waals surface area contributed by atoms with Gasteiger partial charge in [-0.3, -0.25) is 0 Å². The Morgan fingerprint density at radius 2 is 1.80 bits per heavy atom. The van der Waals surface area contributed by atoms with Crippen molar-refractivity contribution in [1.29, 1.82) is 0 Å². The lowest BCUT2D eigenvalue weighted by Gasteiger charge is -2.33. The Hall–Kier alpha value is -1.69. The smallest absolute Gasteiger partial charge is 0.380 e. The second-order valence-electron chi connectivity index (χ2n) is 4.24. The zero-order valence-corrected chi connectivity index (χ0v) is 11.7. The summed E-state index contributed by atoms with van der Waals surface area (Å²) in [5, 5.41) is 10.3. The summed E-state index contributed by atoms with van der Waals surface area (Å²) in [6.07, 6.45) is -0.342. The minimum atomic E-state index is -4.04. The quantitative estimate of drug-likeness (QED) is 0.817. The van der Waals surface area contributed by atoms with Gasteiger partial charge in [0.25, 0.3) is 0 Å². The van der Waals surface area contributed by atoms with E-state index in [0.717, 1.165) is 0 Å². The molecule has 0 aliphatic heterocycles. The Labute approximate surface area is 116 Å². The summed E-state index contributed by atoms with van der Waals surface area (Å²) in [5.41, 5.74) is -2.69. The number of methoxy groups -OCH3 is 1. The summed E-state index contributed by atoms with van der Waals surface area (Å²) in [6, 6.07) is 5.49. The molecule has 0 saturated carbocycles. The molecule has 0 aliphatic carbocycles. The van der Waals surface area contributed by atoms with Crippen molar-refractivity contribution < 1.29 is 28.2 Å². The van der Waals surface area contributed by atoms with Gasteiger partial charge in [0.05, 0.1) is 13.7 Å². The van der Waals surface area contributed by atoms with Crippen molar-refractivity contribution in [2.24, 2.45) is 0 Å². The molecule has 0 heterocycles. The summed E-state index contributed by atoms with van der Waals surface area (Å²) < 4.78 is 37.6. The van der Waals surface area contributed by atoms with Crippen molar-refractivity contribution >= 4 is 5.97 Å². The van der Waals surface area contributed by atoms with Gasteiger partial charge in [0, 0.05) is 0 Å². The summed E-state index contributed by atoms with van der Waals surface area (Å²) in [6.45, 7) is 2.61. The fourth-order valence-corrected chi connectivity index (χ4v) is 1.86. The van der Waals surface area contributed by atoms with Crippen LogP contribution in [0.3, 0.4) is 0 Å². The molecule has 1 atom stereocenters. The molecule has 0 saturated heterocycles. The number of halogens is 2. The maximum Gasteiger partial charge on any atom is 0.380 e. The molecule has 0 fully saturated rings. The Balaban J connectivity index is 3.20. The first-order chi connectivity index (χ1) is 9.33. The van der Waals surface area contributed by atoms with E-state index in [1.54, 1.807) is 0 Å². The Morgan fingerprint density at radius 1 is 1.25 bits per heavy atom. The van der Waals surface area contributed by atoms with Gasteiger partial charge in [-0.25, -0.2) is 4.79 Å². The van der Waals surface area contributed by atoms with E-state index in [1.165, 1.54) is 45.2 Å². The number of rotatable bonds is 6. The second-order valence-corrected chi connectivity index (χ2v) is 4.24. The standard InChI is InChI=1S/C14H18F2O4/c1-4-13(18,14(15,16)12(17)20-5-2)10-6-8-11(19-3)9-7-10/h6-9,18H,4-5H2,1-3H3. The number of carbonyl (C=O) groups is 1. The van der Waals surface area contributed by atoms with Crippen LogP contribution in [0.15, 0.2) is 24.3 Å². The van der Waals surface area contributed by atoms with E-state index in [4.69, 9.17) is 4.74 Å². The van der Waals surface area contributed by atoms with E-state index in [9.17, 15) is 18.7 Å². The summed E-state index contributed by atoms with van der Waals surface area (Å²) >= 11 is 0. The molecular weight excluding hydrogens is 270 g/mol. The highest BCUT2D eigenvalue weighted by atomic mass is 19.3. The summed E-state index contributed by atoms with van der Waals surface area (Å²) in [4.78, 5) is 11.4. The van der Waals surface area contributed by atoms with Crippen molar-refractivity contribution in [3.05, 3.63) is 29.8 Å². The highest BCUT2D eigenvalue weighted by molar-refractivity contribution is 5.79. The lowest BCUT2D eigenvalue weighted by molar-refractivity contribution is -0.218. The molecular formula is C14H18F2O4. The molecule has 6 heteroatoms. The van der Waals surface area contributed by atoms with Crippen LogP contribution in [0.4, 0.5) is 8.78 Å². The monoisotopic (exact) mass is 288 g/mol. The molecule has 1 aromatic rings. The Kier molecular flexibility index (Phi) is 5.05.